The number of ether oxygens (including phenoxy) is 1. The lowest BCUT2D eigenvalue weighted by Gasteiger charge is -2.05. The van der Waals surface area contributed by atoms with Crippen LogP contribution in [0.15, 0.2) is 22.7 Å². The largest absolute Gasteiger partial charge is 0.490 e. The summed E-state index contributed by atoms with van der Waals surface area (Å²) in [5, 5.41) is 0.693. The van der Waals surface area contributed by atoms with E-state index >= 15 is 0 Å². The van der Waals surface area contributed by atoms with Crippen LogP contribution in [0.1, 0.15) is 0 Å². The van der Waals surface area contributed by atoms with Gasteiger partial charge in [-0.25, -0.2) is 4.39 Å². The van der Waals surface area contributed by atoms with Gasteiger partial charge < -0.3 is 4.74 Å². The minimum Gasteiger partial charge on any atom is -0.490 e. The van der Waals surface area contributed by atoms with E-state index in [2.05, 4.69) is 31.9 Å². The Bertz CT molecular complexity index is 265. The van der Waals surface area contributed by atoms with Gasteiger partial charge in [-0.05, 0) is 28.1 Å². The number of hydrogen-bond donors (Lipinski definition) is 0. The molecule has 0 N–H and O–H groups in total. The van der Waals surface area contributed by atoms with Crippen LogP contribution in [0.3, 0.4) is 0 Å². The summed E-state index contributed by atoms with van der Waals surface area (Å²) in [6.45, 7) is 0.466. The quantitative estimate of drug-likeness (QED) is 0.778. The van der Waals surface area contributed by atoms with E-state index in [4.69, 9.17) is 4.74 Å². The van der Waals surface area contributed by atoms with Crippen molar-refractivity contribution in [1.29, 1.82) is 0 Å². The van der Waals surface area contributed by atoms with E-state index in [1.807, 2.05) is 0 Å². The Morgan fingerprint density at radius 2 is 2.17 bits per heavy atom. The maximum atomic E-state index is 13.1. The minimum absolute atomic E-state index is 0.281. The minimum atomic E-state index is -0.349. The summed E-state index contributed by atoms with van der Waals surface area (Å²) in [4.78, 5) is 0. The van der Waals surface area contributed by atoms with E-state index in [9.17, 15) is 4.39 Å². The van der Waals surface area contributed by atoms with Crippen molar-refractivity contribution >= 4 is 31.9 Å². The zero-order valence-electron chi connectivity index (χ0n) is 6.19. The van der Waals surface area contributed by atoms with Crippen molar-refractivity contribution in [3.63, 3.8) is 0 Å². The van der Waals surface area contributed by atoms with Crippen LogP contribution in [0.25, 0.3) is 0 Å². The molecule has 0 amide bonds. The maximum absolute atomic E-state index is 13.1. The van der Waals surface area contributed by atoms with Gasteiger partial charge in [-0.15, -0.1) is 0 Å². The van der Waals surface area contributed by atoms with Gasteiger partial charge >= 0.3 is 0 Å². The third-order valence-corrected chi connectivity index (χ3v) is 2.19. The average molecular weight is 298 g/mol. The second-order valence-corrected chi connectivity index (χ2v) is 3.74. The van der Waals surface area contributed by atoms with Crippen molar-refractivity contribution in [3.05, 3.63) is 28.5 Å². The lowest BCUT2D eigenvalue weighted by molar-refractivity contribution is 0.325. The van der Waals surface area contributed by atoms with Crippen molar-refractivity contribution in [2.45, 2.75) is 0 Å². The highest BCUT2D eigenvalue weighted by Gasteiger charge is 2.05. The summed E-state index contributed by atoms with van der Waals surface area (Å²) in [6, 6.07) is 4.97. The fraction of sp³-hybridized carbons (Fsp3) is 0.250. The van der Waals surface area contributed by atoms with Crippen LogP contribution in [-0.4, -0.2) is 11.9 Å². The van der Waals surface area contributed by atoms with Gasteiger partial charge in [0.25, 0.3) is 0 Å². The van der Waals surface area contributed by atoms with Crippen molar-refractivity contribution in [2.24, 2.45) is 0 Å². The summed E-state index contributed by atoms with van der Waals surface area (Å²) in [5.41, 5.74) is 0. The third kappa shape index (κ3) is 2.45. The molecule has 0 aromatic heterocycles. The van der Waals surface area contributed by atoms with Gasteiger partial charge in [-0.1, -0.05) is 22.0 Å². The SMILES string of the molecule is Fc1c(Br)cccc1OCCBr. The summed E-state index contributed by atoms with van der Waals surface area (Å²) in [7, 11) is 0. The summed E-state index contributed by atoms with van der Waals surface area (Å²) < 4.78 is 18.7. The maximum Gasteiger partial charge on any atom is 0.179 e. The molecule has 4 heteroatoms. The first-order valence-electron chi connectivity index (χ1n) is 3.38. The molecule has 1 aromatic carbocycles. The highest BCUT2D eigenvalue weighted by Crippen LogP contribution is 2.24. The standard InChI is InChI=1S/C8H7Br2FO/c9-4-5-12-7-3-1-2-6(10)8(7)11/h1-3H,4-5H2. The molecule has 0 fully saturated rings. The second kappa shape index (κ2) is 4.82. The van der Waals surface area contributed by atoms with Gasteiger partial charge in [0.15, 0.2) is 11.6 Å². The molecule has 0 aliphatic rings. The van der Waals surface area contributed by atoms with Crippen molar-refractivity contribution in [2.75, 3.05) is 11.9 Å². The van der Waals surface area contributed by atoms with Crippen molar-refractivity contribution in [3.8, 4) is 5.75 Å². The molecule has 0 aliphatic carbocycles. The third-order valence-electron chi connectivity index (χ3n) is 1.25. The predicted molar refractivity (Wildman–Crippen MR) is 53.4 cm³/mol. The Hall–Kier alpha value is -0.0900. The van der Waals surface area contributed by atoms with Crippen LogP contribution in [0, 0.1) is 5.82 Å². The molecule has 1 nitrogen and oxygen atoms in total. The number of benzene rings is 1. The van der Waals surface area contributed by atoms with E-state index in [1.54, 1.807) is 18.2 Å². The molecule has 0 saturated heterocycles. The van der Waals surface area contributed by atoms with E-state index in [-0.39, 0.29) is 11.6 Å². The summed E-state index contributed by atoms with van der Waals surface area (Å²) >= 11 is 6.26. The zero-order chi connectivity index (χ0) is 8.97. The summed E-state index contributed by atoms with van der Waals surface area (Å²) in [5.74, 6) is -0.0673. The lowest BCUT2D eigenvalue weighted by Crippen LogP contribution is -1.99. The van der Waals surface area contributed by atoms with Gasteiger partial charge in [0, 0.05) is 5.33 Å². The van der Waals surface area contributed by atoms with E-state index in [0.717, 1.165) is 0 Å². The number of hydrogen-bond acceptors (Lipinski definition) is 1. The highest BCUT2D eigenvalue weighted by molar-refractivity contribution is 9.10. The fourth-order valence-electron chi connectivity index (χ4n) is 0.744. The smallest absolute Gasteiger partial charge is 0.179 e. The molecule has 0 bridgehead atoms. The molecular formula is C8H7Br2FO. The fourth-order valence-corrected chi connectivity index (χ4v) is 1.25. The van der Waals surface area contributed by atoms with Crippen LogP contribution in [0.4, 0.5) is 4.39 Å². The highest BCUT2D eigenvalue weighted by atomic mass is 79.9. The van der Waals surface area contributed by atoms with Crippen LogP contribution in [0.5, 0.6) is 5.75 Å². The van der Waals surface area contributed by atoms with E-state index in [1.165, 1.54) is 0 Å². The molecule has 0 radical (unpaired) electrons. The Morgan fingerprint density at radius 3 is 2.83 bits per heavy atom. The molecule has 0 atom stereocenters. The van der Waals surface area contributed by atoms with Crippen LogP contribution >= 0.6 is 31.9 Å². The molecule has 0 heterocycles. The van der Waals surface area contributed by atoms with Gasteiger partial charge in [0.05, 0.1) is 11.1 Å². The first-order valence-corrected chi connectivity index (χ1v) is 5.30. The average Bonchev–Trinajstić information content (AvgIpc) is 2.08. The van der Waals surface area contributed by atoms with Crippen molar-refractivity contribution < 1.29 is 9.13 Å². The molecule has 1 rings (SSSR count). The monoisotopic (exact) mass is 296 g/mol. The van der Waals surface area contributed by atoms with Crippen LogP contribution in [-0.2, 0) is 0 Å². The Labute approximate surface area is 87.2 Å². The van der Waals surface area contributed by atoms with Crippen LogP contribution in [0.2, 0.25) is 0 Å². The molecule has 0 unspecified atom stereocenters. The van der Waals surface area contributed by atoms with Gasteiger partial charge in [-0.2, -0.15) is 0 Å². The first kappa shape index (κ1) is 9.99. The van der Waals surface area contributed by atoms with E-state index in [0.29, 0.717) is 16.4 Å². The molecule has 0 aliphatic heterocycles. The number of halogens is 3. The van der Waals surface area contributed by atoms with Crippen molar-refractivity contribution in [1.82, 2.24) is 0 Å². The molecular weight excluding hydrogens is 291 g/mol. The van der Waals surface area contributed by atoms with Gasteiger partial charge in [-0.3, -0.25) is 0 Å². The normalized spacial score (nSPS) is 9.92. The molecule has 1 aromatic rings. The molecule has 0 spiro atoms. The zero-order valence-corrected chi connectivity index (χ0v) is 9.36. The lowest BCUT2D eigenvalue weighted by atomic mass is 10.3. The molecule has 0 saturated carbocycles. The summed E-state index contributed by atoms with van der Waals surface area (Å²) in [6.07, 6.45) is 0. The Balaban J connectivity index is 2.78. The van der Waals surface area contributed by atoms with Gasteiger partial charge in [0.1, 0.15) is 0 Å². The molecule has 66 valence electrons. The second-order valence-electron chi connectivity index (χ2n) is 2.09. The Kier molecular flexibility index (Phi) is 4.01. The number of rotatable bonds is 3. The topological polar surface area (TPSA) is 9.23 Å². The van der Waals surface area contributed by atoms with Crippen LogP contribution < -0.4 is 4.74 Å². The van der Waals surface area contributed by atoms with E-state index < -0.39 is 0 Å². The predicted octanol–water partition coefficient (Wildman–Crippen LogP) is 3.36. The molecule has 12 heavy (non-hydrogen) atoms. The van der Waals surface area contributed by atoms with Gasteiger partial charge in [0.2, 0.25) is 0 Å². The first-order chi connectivity index (χ1) is 5.75. The number of alkyl halides is 1. The Morgan fingerprint density at radius 1 is 1.42 bits per heavy atom.